The normalized spacial score (nSPS) is 9.00. The van der Waals surface area contributed by atoms with E-state index in [1.54, 1.807) is 6.92 Å². The summed E-state index contributed by atoms with van der Waals surface area (Å²) in [6.45, 7) is 8.24. The van der Waals surface area contributed by atoms with Crippen LogP contribution in [0.25, 0.3) is 0 Å². The van der Waals surface area contributed by atoms with E-state index in [1.165, 1.54) is 6.54 Å². The molecule has 0 aromatic carbocycles. The largest absolute Gasteiger partial charge is 1.00 e. The van der Waals surface area contributed by atoms with E-state index in [0.29, 0.717) is 5.57 Å². The maximum atomic E-state index is 9.82. The van der Waals surface area contributed by atoms with Crippen molar-refractivity contribution in [3.63, 3.8) is 0 Å². The fourth-order valence-electron chi connectivity index (χ4n) is 0. The monoisotopic (exact) mass is 300 g/mol. The Bertz CT molecular complexity index is 149. The minimum atomic E-state index is -0.435. The number of nitrogens with two attached hydrogens (primary N) is 1. The Balaban J connectivity index is -0.000000143. The molecule has 0 bridgehead atoms. The quantitative estimate of drug-likeness (QED) is 0.350. The van der Waals surface area contributed by atoms with Crippen molar-refractivity contribution in [3.05, 3.63) is 12.2 Å². The van der Waals surface area contributed by atoms with Crippen LogP contribution >= 0.6 is 0 Å². The van der Waals surface area contributed by atoms with Gasteiger partial charge in [0, 0.05) is 5.57 Å². The Morgan fingerprint density at radius 3 is 1.54 bits per heavy atom. The van der Waals surface area contributed by atoms with E-state index in [-0.39, 0.29) is 24.0 Å². The minimum absolute atomic E-state index is 0. The van der Waals surface area contributed by atoms with Crippen LogP contribution in [0.2, 0.25) is 0 Å². The maximum absolute atomic E-state index is 9.82. The van der Waals surface area contributed by atoms with Crippen molar-refractivity contribution in [1.82, 2.24) is 0 Å². The molecule has 0 radical (unpaired) electrons. The topological polar surface area (TPSA) is 43.1 Å². The van der Waals surface area contributed by atoms with Crippen LogP contribution in [-0.4, -0.2) is 38.1 Å². The SMILES string of the molecule is C=C(C)C(N)=O.CC[N+](C)(C)C.[I-]. The van der Waals surface area contributed by atoms with Crippen molar-refractivity contribution in [2.45, 2.75) is 13.8 Å². The highest BCUT2D eigenvalue weighted by molar-refractivity contribution is 5.90. The molecule has 0 aromatic rings. The Morgan fingerprint density at radius 2 is 1.54 bits per heavy atom. The molecule has 0 heterocycles. The molecular weight excluding hydrogens is 279 g/mol. The highest BCUT2D eigenvalue weighted by Gasteiger charge is 1.97. The summed E-state index contributed by atoms with van der Waals surface area (Å²) < 4.78 is 1.07. The first-order valence-corrected chi connectivity index (χ1v) is 3.96. The van der Waals surface area contributed by atoms with E-state index in [0.717, 1.165) is 4.48 Å². The van der Waals surface area contributed by atoms with Crippen LogP contribution < -0.4 is 29.7 Å². The Labute approximate surface area is 98.6 Å². The lowest BCUT2D eigenvalue weighted by atomic mass is 10.3. The zero-order chi connectivity index (χ0) is 10.4. The number of primary amides is 1. The molecule has 0 rings (SSSR count). The molecule has 80 valence electrons. The van der Waals surface area contributed by atoms with Crippen LogP contribution in [0.15, 0.2) is 12.2 Å². The van der Waals surface area contributed by atoms with Gasteiger partial charge < -0.3 is 34.2 Å². The average molecular weight is 300 g/mol. The number of nitrogens with zero attached hydrogens (tertiary/aromatic N) is 1. The summed E-state index contributed by atoms with van der Waals surface area (Å²) in [5.74, 6) is -0.435. The lowest BCUT2D eigenvalue weighted by molar-refractivity contribution is -0.868. The van der Waals surface area contributed by atoms with Gasteiger partial charge in [0.05, 0.1) is 27.7 Å². The molecule has 4 heteroatoms. The molecule has 0 aromatic heterocycles. The third-order valence-electron chi connectivity index (χ3n) is 1.37. The molecule has 2 N–H and O–H groups in total. The van der Waals surface area contributed by atoms with Crippen LogP contribution in [0.5, 0.6) is 0 Å². The third-order valence-corrected chi connectivity index (χ3v) is 1.37. The van der Waals surface area contributed by atoms with E-state index >= 15 is 0 Å². The molecule has 0 aliphatic heterocycles. The molecule has 13 heavy (non-hydrogen) atoms. The summed E-state index contributed by atoms with van der Waals surface area (Å²) in [6.07, 6.45) is 0. The summed E-state index contributed by atoms with van der Waals surface area (Å²) >= 11 is 0. The van der Waals surface area contributed by atoms with Crippen molar-refractivity contribution >= 4 is 5.91 Å². The van der Waals surface area contributed by atoms with E-state index in [9.17, 15) is 4.79 Å². The predicted octanol–water partition coefficient (Wildman–Crippen LogP) is -2.24. The molecule has 0 unspecified atom stereocenters. The van der Waals surface area contributed by atoms with E-state index in [2.05, 4.69) is 34.6 Å². The van der Waals surface area contributed by atoms with Gasteiger partial charge in [-0.15, -0.1) is 0 Å². The molecule has 0 aliphatic rings. The Morgan fingerprint density at radius 1 is 1.38 bits per heavy atom. The number of rotatable bonds is 2. The number of halogens is 1. The lowest BCUT2D eigenvalue weighted by Crippen LogP contribution is -3.00. The number of hydrogen-bond donors (Lipinski definition) is 1. The second-order valence-corrected chi connectivity index (χ2v) is 3.75. The Kier molecular flexibility index (Phi) is 12.2. The summed E-state index contributed by atoms with van der Waals surface area (Å²) in [4.78, 5) is 9.82. The summed E-state index contributed by atoms with van der Waals surface area (Å²) in [5.41, 5.74) is 5.09. The first-order chi connectivity index (χ1) is 5.20. The van der Waals surface area contributed by atoms with Crippen molar-refractivity contribution < 1.29 is 33.3 Å². The molecule has 1 amide bonds. The summed E-state index contributed by atoms with van der Waals surface area (Å²) in [5, 5.41) is 0. The second kappa shape index (κ2) is 8.50. The lowest BCUT2D eigenvalue weighted by Gasteiger charge is -2.20. The molecule has 3 nitrogen and oxygen atoms in total. The molecule has 0 saturated carbocycles. The smallest absolute Gasteiger partial charge is 0.243 e. The van der Waals surface area contributed by atoms with Gasteiger partial charge in [-0.25, -0.2) is 0 Å². The van der Waals surface area contributed by atoms with Crippen LogP contribution in [0.1, 0.15) is 13.8 Å². The first-order valence-electron chi connectivity index (χ1n) is 3.96. The van der Waals surface area contributed by atoms with Crippen LogP contribution in [-0.2, 0) is 4.79 Å². The van der Waals surface area contributed by atoms with E-state index in [1.807, 2.05) is 0 Å². The van der Waals surface area contributed by atoms with Gasteiger partial charge in [-0.3, -0.25) is 4.79 Å². The average Bonchev–Trinajstić information content (AvgIpc) is 1.87. The maximum Gasteiger partial charge on any atom is 0.243 e. The van der Waals surface area contributed by atoms with Gasteiger partial charge in [0.2, 0.25) is 5.91 Å². The molecule has 0 saturated heterocycles. The van der Waals surface area contributed by atoms with Crippen molar-refractivity contribution in [3.8, 4) is 0 Å². The molecule has 0 atom stereocenters. The van der Waals surface area contributed by atoms with Gasteiger partial charge in [-0.2, -0.15) is 0 Å². The van der Waals surface area contributed by atoms with Gasteiger partial charge in [0.1, 0.15) is 0 Å². The Hall–Kier alpha value is -0.100. The molecule has 0 aliphatic carbocycles. The van der Waals surface area contributed by atoms with Crippen molar-refractivity contribution in [2.75, 3.05) is 27.7 Å². The van der Waals surface area contributed by atoms with Crippen LogP contribution in [0.4, 0.5) is 0 Å². The number of amides is 1. The van der Waals surface area contributed by atoms with E-state index < -0.39 is 5.91 Å². The van der Waals surface area contributed by atoms with Gasteiger partial charge in [-0.05, 0) is 13.8 Å². The molecular formula is C9H21IN2O. The first kappa shape index (κ1) is 18.6. The highest BCUT2D eigenvalue weighted by atomic mass is 127. The molecule has 0 spiro atoms. The van der Waals surface area contributed by atoms with Crippen molar-refractivity contribution in [2.24, 2.45) is 5.73 Å². The number of quaternary nitrogens is 1. The zero-order valence-corrected chi connectivity index (χ0v) is 11.4. The fraction of sp³-hybridized carbons (Fsp3) is 0.667. The highest BCUT2D eigenvalue weighted by Crippen LogP contribution is 1.83. The second-order valence-electron chi connectivity index (χ2n) is 3.75. The summed E-state index contributed by atoms with van der Waals surface area (Å²) in [7, 11) is 6.54. The summed E-state index contributed by atoms with van der Waals surface area (Å²) in [6, 6.07) is 0. The van der Waals surface area contributed by atoms with Gasteiger partial charge in [0.15, 0.2) is 0 Å². The zero-order valence-electron chi connectivity index (χ0n) is 9.22. The number of carbonyl (C=O) groups is 1. The predicted molar refractivity (Wildman–Crippen MR) is 52.6 cm³/mol. The van der Waals surface area contributed by atoms with Crippen molar-refractivity contribution in [1.29, 1.82) is 0 Å². The van der Waals surface area contributed by atoms with Gasteiger partial charge >= 0.3 is 0 Å². The standard InChI is InChI=1S/C5H14N.C4H7NO.HI/c1-5-6(2,3)4;1-3(2)4(5)6;/h5H2,1-4H3;1H2,2H3,(H2,5,6);1H/q+1;;/p-1. The third kappa shape index (κ3) is 24.5. The number of carbonyl (C=O) groups excluding carboxylic acids is 1. The van der Waals surface area contributed by atoms with E-state index in [4.69, 9.17) is 5.73 Å². The van der Waals surface area contributed by atoms with Gasteiger partial charge in [-0.1, -0.05) is 6.58 Å². The van der Waals surface area contributed by atoms with Crippen LogP contribution in [0, 0.1) is 0 Å². The molecule has 0 fully saturated rings. The van der Waals surface area contributed by atoms with Gasteiger partial charge in [0.25, 0.3) is 0 Å². The fourth-order valence-corrected chi connectivity index (χ4v) is 0. The minimum Gasteiger partial charge on any atom is -1.00 e. The number of hydrogen-bond acceptors (Lipinski definition) is 1. The van der Waals surface area contributed by atoms with Crippen LogP contribution in [0.3, 0.4) is 0 Å².